The number of nitrogens with one attached hydrogen (secondary N) is 1. The van der Waals surface area contributed by atoms with E-state index in [-0.39, 0.29) is 47.2 Å². The molecule has 2 aromatic rings. The average molecular weight is 667 g/mol. The summed E-state index contributed by atoms with van der Waals surface area (Å²) in [7, 11) is 1.63. The van der Waals surface area contributed by atoms with Gasteiger partial charge in [0.25, 0.3) is 0 Å². The molecule has 47 heavy (non-hydrogen) atoms. The number of benzene rings is 1. The Bertz CT molecular complexity index is 1640. The Hall–Kier alpha value is -3.88. The molecule has 5 fully saturated rings. The lowest BCUT2D eigenvalue weighted by molar-refractivity contribution is -0.210. The number of piperazine rings is 1. The zero-order valence-electron chi connectivity index (χ0n) is 26.7. The minimum atomic E-state index is -1.15. The van der Waals surface area contributed by atoms with Crippen LogP contribution in [0.15, 0.2) is 46.0 Å². The van der Waals surface area contributed by atoms with Crippen LogP contribution in [-0.2, 0) is 19.1 Å². The molecule has 0 radical (unpaired) electrons. The van der Waals surface area contributed by atoms with Crippen LogP contribution in [0.3, 0.4) is 0 Å². The Morgan fingerprint density at radius 3 is 2.70 bits per heavy atom. The van der Waals surface area contributed by atoms with Crippen molar-refractivity contribution in [1.29, 1.82) is 0 Å². The molecule has 1 aromatic carbocycles. The Labute approximate surface area is 276 Å². The molecule has 3 aliphatic heterocycles. The van der Waals surface area contributed by atoms with Crippen molar-refractivity contribution in [2.45, 2.75) is 63.2 Å². The standard InChI is InChI=1S/C33H39FN6O6S/c1-4-46-25(41)12-32-16-33(17-32,18-32)40-14-23-24(15-45-3)38(9-10-39(23)31(40)44)13-22-26(30(42)43)27(20-6-5-7-21(34)19(20)2)37-28(36-22)29-35-8-11-47-29/h5-8,11,23-24,27H,4,9-10,12-18H2,1-3H3,(H,36,37)(H,42,43)/t23-,24-,27?,32?,33?/m1/s1. The molecule has 4 heterocycles. The zero-order chi connectivity index (χ0) is 33.1. The zero-order valence-corrected chi connectivity index (χ0v) is 27.5. The van der Waals surface area contributed by atoms with Crippen molar-refractivity contribution < 1.29 is 33.4 Å². The third-order valence-electron chi connectivity index (χ3n) is 10.6. The number of halogens is 1. The van der Waals surface area contributed by atoms with Crippen LogP contribution in [-0.4, -0.2) is 113 Å². The Morgan fingerprint density at radius 2 is 2.02 bits per heavy atom. The molecule has 1 unspecified atom stereocenters. The summed E-state index contributed by atoms with van der Waals surface area (Å²) in [6.07, 6.45) is 4.48. The summed E-state index contributed by atoms with van der Waals surface area (Å²) >= 11 is 1.37. The van der Waals surface area contributed by atoms with Gasteiger partial charge in [-0.25, -0.2) is 19.0 Å². The van der Waals surface area contributed by atoms with E-state index in [9.17, 15) is 23.9 Å². The molecule has 8 rings (SSSR count). The minimum absolute atomic E-state index is 0.0150. The maximum absolute atomic E-state index is 14.7. The molecule has 14 heteroatoms. The molecule has 3 atom stereocenters. The van der Waals surface area contributed by atoms with Crippen molar-refractivity contribution >= 4 is 35.1 Å². The van der Waals surface area contributed by atoms with Gasteiger partial charge in [-0.1, -0.05) is 12.1 Å². The molecule has 2 bridgehead atoms. The van der Waals surface area contributed by atoms with Gasteiger partial charge in [-0.15, -0.1) is 11.3 Å². The van der Waals surface area contributed by atoms with Gasteiger partial charge < -0.3 is 29.7 Å². The number of methoxy groups -OCH3 is 1. The van der Waals surface area contributed by atoms with Crippen LogP contribution in [0.2, 0.25) is 0 Å². The molecule has 6 aliphatic rings. The summed E-state index contributed by atoms with van der Waals surface area (Å²) in [5, 5.41) is 16.3. The van der Waals surface area contributed by atoms with Crippen molar-refractivity contribution in [1.82, 2.24) is 25.0 Å². The summed E-state index contributed by atoms with van der Waals surface area (Å²) in [4.78, 5) is 54.2. The lowest BCUT2D eigenvalue weighted by atomic mass is 9.38. The number of ether oxygens (including phenoxy) is 2. The molecule has 3 saturated carbocycles. The number of esters is 1. The second-order valence-electron chi connectivity index (χ2n) is 13.4. The number of fused-ring (bicyclic) bond motifs is 1. The molecule has 250 valence electrons. The number of urea groups is 1. The van der Waals surface area contributed by atoms with Crippen LogP contribution in [0.1, 0.15) is 54.8 Å². The number of thiazole rings is 1. The number of amides is 2. The highest BCUT2D eigenvalue weighted by molar-refractivity contribution is 7.11. The maximum atomic E-state index is 14.7. The number of rotatable bonds is 11. The van der Waals surface area contributed by atoms with Gasteiger partial charge in [0.05, 0.1) is 37.3 Å². The van der Waals surface area contributed by atoms with E-state index >= 15 is 0 Å². The summed E-state index contributed by atoms with van der Waals surface area (Å²) < 4.78 is 25.6. The first-order valence-corrected chi connectivity index (χ1v) is 16.9. The number of carbonyl (C=O) groups excluding carboxylic acids is 2. The quantitative estimate of drug-likeness (QED) is 0.346. The van der Waals surface area contributed by atoms with Gasteiger partial charge in [0.2, 0.25) is 0 Å². The highest BCUT2D eigenvalue weighted by atomic mass is 32.1. The summed E-state index contributed by atoms with van der Waals surface area (Å²) in [6.45, 7) is 5.91. The van der Waals surface area contributed by atoms with Crippen molar-refractivity contribution in [2.75, 3.05) is 46.5 Å². The number of aromatic nitrogens is 1. The van der Waals surface area contributed by atoms with E-state index in [2.05, 4.69) is 15.2 Å². The number of aliphatic carboxylic acids is 1. The van der Waals surface area contributed by atoms with E-state index in [0.717, 1.165) is 19.3 Å². The topological polar surface area (TPSA) is 137 Å². The van der Waals surface area contributed by atoms with Crippen LogP contribution in [0.5, 0.6) is 0 Å². The van der Waals surface area contributed by atoms with Gasteiger partial charge in [0, 0.05) is 56.1 Å². The third kappa shape index (κ3) is 5.30. The Balaban J connectivity index is 1.15. The number of carbonyl (C=O) groups is 3. The average Bonchev–Trinajstić information content (AvgIpc) is 3.65. The predicted molar refractivity (Wildman–Crippen MR) is 170 cm³/mol. The number of hydrogen-bond donors (Lipinski definition) is 2. The van der Waals surface area contributed by atoms with Crippen molar-refractivity contribution in [3.8, 4) is 0 Å². The van der Waals surface area contributed by atoms with E-state index in [4.69, 9.17) is 14.5 Å². The van der Waals surface area contributed by atoms with E-state index in [1.165, 1.54) is 17.4 Å². The molecule has 2 saturated heterocycles. The molecular formula is C33H39FN6O6S. The SMILES string of the molecule is CCOC(=O)CC12CC(N3C[C@@H]4[C@@H](COC)N(CC5=C(C(=O)O)C(c6cccc(F)c6C)N=C(c6nccs6)N5)CCN4C3=O)(C1)C2. The van der Waals surface area contributed by atoms with E-state index in [0.29, 0.717) is 66.9 Å². The number of amidine groups is 1. The lowest BCUT2D eigenvalue weighted by Crippen LogP contribution is -2.75. The maximum Gasteiger partial charge on any atom is 0.335 e. The second-order valence-corrected chi connectivity index (χ2v) is 14.3. The van der Waals surface area contributed by atoms with Crippen LogP contribution in [0.25, 0.3) is 0 Å². The number of carboxylic acid groups (broad SMARTS) is 1. The van der Waals surface area contributed by atoms with Gasteiger partial charge >= 0.3 is 18.0 Å². The smallest absolute Gasteiger partial charge is 0.335 e. The van der Waals surface area contributed by atoms with Crippen molar-refractivity contribution in [3.05, 3.63) is 63.0 Å². The molecule has 0 spiro atoms. The number of carboxylic acids is 1. The van der Waals surface area contributed by atoms with Crippen molar-refractivity contribution in [2.24, 2.45) is 10.4 Å². The largest absolute Gasteiger partial charge is 0.478 e. The number of aliphatic imine (C=N–C) groups is 1. The molecule has 1 aromatic heterocycles. The Morgan fingerprint density at radius 1 is 1.23 bits per heavy atom. The highest BCUT2D eigenvalue weighted by Gasteiger charge is 2.73. The molecule has 2 N–H and O–H groups in total. The number of hydrogen-bond acceptors (Lipinski definition) is 10. The van der Waals surface area contributed by atoms with Crippen LogP contribution < -0.4 is 5.32 Å². The minimum Gasteiger partial charge on any atom is -0.478 e. The van der Waals surface area contributed by atoms with Crippen LogP contribution in [0.4, 0.5) is 9.18 Å². The fourth-order valence-corrected chi connectivity index (χ4v) is 9.16. The van der Waals surface area contributed by atoms with Gasteiger partial charge in [0.1, 0.15) is 11.9 Å². The normalized spacial score (nSPS) is 29.9. The first kappa shape index (κ1) is 31.7. The summed E-state index contributed by atoms with van der Waals surface area (Å²) in [6, 6.07) is 3.34. The van der Waals surface area contributed by atoms with Crippen molar-refractivity contribution in [3.63, 3.8) is 0 Å². The van der Waals surface area contributed by atoms with Gasteiger partial charge in [-0.3, -0.25) is 14.7 Å². The third-order valence-corrected chi connectivity index (χ3v) is 11.4. The monoisotopic (exact) mass is 666 g/mol. The van der Waals surface area contributed by atoms with E-state index < -0.39 is 17.8 Å². The van der Waals surface area contributed by atoms with Crippen LogP contribution in [0, 0.1) is 18.2 Å². The van der Waals surface area contributed by atoms with Gasteiger partial charge in [0.15, 0.2) is 10.8 Å². The van der Waals surface area contributed by atoms with Gasteiger partial charge in [-0.2, -0.15) is 0 Å². The molecular weight excluding hydrogens is 627 g/mol. The first-order chi connectivity index (χ1) is 22.6. The van der Waals surface area contributed by atoms with Gasteiger partial charge in [-0.05, 0) is 55.7 Å². The predicted octanol–water partition coefficient (Wildman–Crippen LogP) is 3.33. The highest BCUT2D eigenvalue weighted by Crippen LogP contribution is 2.72. The second kappa shape index (κ2) is 12.0. The molecule has 12 nitrogen and oxygen atoms in total. The summed E-state index contributed by atoms with van der Waals surface area (Å²) in [5.41, 5.74) is 1.03. The molecule has 3 aliphatic carbocycles. The van der Waals surface area contributed by atoms with E-state index in [1.54, 1.807) is 39.3 Å². The number of nitrogens with zero attached hydrogens (tertiary/aromatic N) is 5. The fraction of sp³-hybridized carbons (Fsp3) is 0.545. The fourth-order valence-electron chi connectivity index (χ4n) is 8.58. The Kier molecular flexibility index (Phi) is 8.08. The van der Waals surface area contributed by atoms with Crippen LogP contribution >= 0.6 is 11.3 Å². The van der Waals surface area contributed by atoms with E-state index in [1.807, 2.05) is 15.2 Å². The molecule has 2 amide bonds. The first-order valence-electron chi connectivity index (χ1n) is 16.0. The summed E-state index contributed by atoms with van der Waals surface area (Å²) in [5.74, 6) is -1.32. The lowest BCUT2D eigenvalue weighted by Gasteiger charge is -2.73.